The Hall–Kier alpha value is -2.86. The monoisotopic (exact) mass is 357 g/mol. The van der Waals surface area contributed by atoms with Gasteiger partial charge in [-0.05, 0) is 41.0 Å². The van der Waals surface area contributed by atoms with E-state index in [1.54, 1.807) is 0 Å². The van der Waals surface area contributed by atoms with Crippen LogP contribution in [0.2, 0.25) is 0 Å². The molecule has 3 nitrogen and oxygen atoms in total. The molecule has 0 aliphatic heterocycles. The van der Waals surface area contributed by atoms with Crippen LogP contribution in [0.3, 0.4) is 0 Å². The maximum Gasteiger partial charge on any atom is 0.187 e. The van der Waals surface area contributed by atoms with Crippen LogP contribution in [0.5, 0.6) is 0 Å². The topological polar surface area (TPSA) is 22.2 Å². The van der Waals surface area contributed by atoms with Crippen LogP contribution in [0.25, 0.3) is 21.9 Å². The Balaban J connectivity index is 2.24. The molecule has 3 heteroatoms. The van der Waals surface area contributed by atoms with Crippen LogP contribution in [0.4, 0.5) is 5.69 Å². The summed E-state index contributed by atoms with van der Waals surface area (Å²) in [5.41, 5.74) is 6.80. The first-order valence-corrected chi connectivity index (χ1v) is 9.39. The van der Waals surface area contributed by atoms with Crippen molar-refractivity contribution in [2.45, 2.75) is 52.9 Å². The van der Waals surface area contributed by atoms with Crippen LogP contribution in [0, 0.1) is 13.5 Å². The summed E-state index contributed by atoms with van der Waals surface area (Å²) in [5.74, 6) is 1.26. The molecule has 0 saturated heterocycles. The number of benzene rings is 2. The number of rotatable bonds is 3. The Morgan fingerprint density at radius 2 is 1.85 bits per heavy atom. The summed E-state index contributed by atoms with van der Waals surface area (Å²) in [6.07, 6.45) is 3.85. The van der Waals surface area contributed by atoms with Crippen LogP contribution in [-0.2, 0) is 5.41 Å². The molecule has 0 bridgehead atoms. The molecule has 0 spiro atoms. The second-order valence-corrected chi connectivity index (χ2v) is 8.42. The lowest BCUT2D eigenvalue weighted by atomic mass is 9.83. The summed E-state index contributed by atoms with van der Waals surface area (Å²) in [5, 5.41) is 0. The highest BCUT2D eigenvalue weighted by Gasteiger charge is 2.21. The van der Waals surface area contributed by atoms with Crippen molar-refractivity contribution < 1.29 is 0 Å². The molecule has 3 aromatic rings. The van der Waals surface area contributed by atoms with E-state index in [-0.39, 0.29) is 5.41 Å². The molecular formula is C24H27N3. The summed E-state index contributed by atoms with van der Waals surface area (Å²) >= 11 is 0. The molecule has 0 atom stereocenters. The van der Waals surface area contributed by atoms with Gasteiger partial charge in [0.1, 0.15) is 5.82 Å². The van der Waals surface area contributed by atoms with Gasteiger partial charge < -0.3 is 0 Å². The predicted molar refractivity (Wildman–Crippen MR) is 113 cm³/mol. The van der Waals surface area contributed by atoms with Crippen molar-refractivity contribution in [2.75, 3.05) is 0 Å². The maximum atomic E-state index is 7.29. The SMILES string of the molecule is [C-]#[N+]c1cccc(-c2nccn2-c2c(C)cc(C(C)(C)C)cc2C(C)C)c1. The van der Waals surface area contributed by atoms with Gasteiger partial charge in [0.25, 0.3) is 0 Å². The summed E-state index contributed by atoms with van der Waals surface area (Å²) in [4.78, 5) is 8.17. The Bertz CT molecular complexity index is 1010. The molecule has 0 amide bonds. The standard InChI is InChI=1S/C24H27N3/c1-16(2)21-15-19(24(4,5)6)13-17(3)22(21)27-12-11-26-23(27)18-9-8-10-20(14-18)25-7/h8-16H,1-6H3. The van der Waals surface area contributed by atoms with E-state index in [4.69, 9.17) is 6.57 Å². The molecule has 1 aromatic heterocycles. The van der Waals surface area contributed by atoms with Crippen molar-refractivity contribution in [3.63, 3.8) is 0 Å². The number of imidazole rings is 1. The third kappa shape index (κ3) is 3.66. The van der Waals surface area contributed by atoms with E-state index in [2.05, 4.69) is 68.1 Å². The minimum atomic E-state index is 0.106. The van der Waals surface area contributed by atoms with Gasteiger partial charge in [0.2, 0.25) is 0 Å². The maximum absolute atomic E-state index is 7.29. The first-order chi connectivity index (χ1) is 12.7. The molecule has 0 aliphatic rings. The summed E-state index contributed by atoms with van der Waals surface area (Å²) in [6.45, 7) is 20.7. The second kappa shape index (κ2) is 7.04. The third-order valence-corrected chi connectivity index (χ3v) is 4.93. The van der Waals surface area contributed by atoms with Crippen molar-refractivity contribution in [3.05, 3.63) is 76.9 Å². The first kappa shape index (κ1) is 18.9. The average molecular weight is 358 g/mol. The predicted octanol–water partition coefficient (Wildman–Crippen LogP) is 6.82. The molecule has 138 valence electrons. The molecule has 0 radical (unpaired) electrons. The molecule has 0 aliphatic carbocycles. The van der Waals surface area contributed by atoms with Gasteiger partial charge in [-0.3, -0.25) is 4.57 Å². The number of hydrogen-bond donors (Lipinski definition) is 0. The molecule has 2 aromatic carbocycles. The number of aryl methyl sites for hydroxylation is 1. The van der Waals surface area contributed by atoms with Gasteiger partial charge in [-0.25, -0.2) is 9.83 Å². The van der Waals surface area contributed by atoms with Crippen molar-refractivity contribution in [2.24, 2.45) is 0 Å². The lowest BCUT2D eigenvalue weighted by Gasteiger charge is -2.25. The molecule has 0 unspecified atom stereocenters. The summed E-state index contributed by atoms with van der Waals surface area (Å²) < 4.78 is 2.17. The number of hydrogen-bond acceptors (Lipinski definition) is 1. The number of aromatic nitrogens is 2. The third-order valence-electron chi connectivity index (χ3n) is 4.93. The highest BCUT2D eigenvalue weighted by atomic mass is 15.1. The van der Waals surface area contributed by atoms with Crippen LogP contribution >= 0.6 is 0 Å². The van der Waals surface area contributed by atoms with Crippen LogP contribution in [0.1, 0.15) is 57.2 Å². The molecule has 27 heavy (non-hydrogen) atoms. The zero-order valence-electron chi connectivity index (χ0n) is 17.0. The fourth-order valence-electron chi connectivity index (χ4n) is 3.42. The Kier molecular flexibility index (Phi) is 4.93. The van der Waals surface area contributed by atoms with Crippen LogP contribution in [0.15, 0.2) is 48.8 Å². The zero-order chi connectivity index (χ0) is 19.8. The van der Waals surface area contributed by atoms with Gasteiger partial charge in [-0.15, -0.1) is 0 Å². The Labute approximate surface area is 162 Å². The van der Waals surface area contributed by atoms with Gasteiger partial charge in [0.15, 0.2) is 5.69 Å². The van der Waals surface area contributed by atoms with Crippen LogP contribution in [-0.4, -0.2) is 9.55 Å². The normalized spacial score (nSPS) is 11.6. The first-order valence-electron chi connectivity index (χ1n) is 9.39. The number of nitrogens with zero attached hydrogens (tertiary/aromatic N) is 3. The highest BCUT2D eigenvalue weighted by Crippen LogP contribution is 2.35. The van der Waals surface area contributed by atoms with Gasteiger partial charge in [0.05, 0.1) is 12.3 Å². The van der Waals surface area contributed by atoms with Crippen molar-refractivity contribution in [1.29, 1.82) is 0 Å². The quantitative estimate of drug-likeness (QED) is 0.471. The fourth-order valence-corrected chi connectivity index (χ4v) is 3.42. The summed E-state index contributed by atoms with van der Waals surface area (Å²) in [6, 6.07) is 12.3. The average Bonchev–Trinajstić information content (AvgIpc) is 3.09. The fraction of sp³-hybridized carbons (Fsp3) is 0.333. The lowest BCUT2D eigenvalue weighted by molar-refractivity contribution is 0.587. The smallest absolute Gasteiger partial charge is 0.187 e. The van der Waals surface area contributed by atoms with E-state index in [0.717, 1.165) is 11.4 Å². The summed E-state index contributed by atoms with van der Waals surface area (Å²) in [7, 11) is 0. The van der Waals surface area contributed by atoms with E-state index >= 15 is 0 Å². The van der Waals surface area contributed by atoms with E-state index in [1.165, 1.54) is 22.4 Å². The molecule has 0 fully saturated rings. The minimum Gasteiger partial charge on any atom is -0.299 e. The van der Waals surface area contributed by atoms with E-state index in [9.17, 15) is 0 Å². The lowest BCUT2D eigenvalue weighted by Crippen LogP contribution is -2.14. The largest absolute Gasteiger partial charge is 0.299 e. The van der Waals surface area contributed by atoms with Crippen molar-refractivity contribution in [1.82, 2.24) is 9.55 Å². The van der Waals surface area contributed by atoms with Gasteiger partial charge in [-0.2, -0.15) is 0 Å². The second-order valence-electron chi connectivity index (χ2n) is 8.42. The van der Waals surface area contributed by atoms with E-state index in [0.29, 0.717) is 11.6 Å². The van der Waals surface area contributed by atoms with Crippen molar-refractivity contribution >= 4 is 5.69 Å². The van der Waals surface area contributed by atoms with Gasteiger partial charge in [0, 0.05) is 18.0 Å². The van der Waals surface area contributed by atoms with Gasteiger partial charge >= 0.3 is 0 Å². The molecular weight excluding hydrogens is 330 g/mol. The Morgan fingerprint density at radius 1 is 1.11 bits per heavy atom. The highest BCUT2D eigenvalue weighted by molar-refractivity contribution is 5.66. The zero-order valence-corrected chi connectivity index (χ0v) is 17.0. The van der Waals surface area contributed by atoms with E-state index < -0.39 is 0 Å². The van der Waals surface area contributed by atoms with E-state index in [1.807, 2.05) is 36.7 Å². The Morgan fingerprint density at radius 3 is 2.48 bits per heavy atom. The van der Waals surface area contributed by atoms with Gasteiger partial charge in [-0.1, -0.05) is 65.0 Å². The molecule has 3 rings (SSSR count). The molecule has 0 N–H and O–H groups in total. The molecule has 0 saturated carbocycles. The minimum absolute atomic E-state index is 0.106. The van der Waals surface area contributed by atoms with Crippen LogP contribution < -0.4 is 0 Å². The molecule has 1 heterocycles. The van der Waals surface area contributed by atoms with Crippen molar-refractivity contribution in [3.8, 4) is 17.1 Å².